The largest absolute Gasteiger partial charge is 0.395 e. The Morgan fingerprint density at radius 3 is 2.89 bits per heavy atom. The fourth-order valence-electron chi connectivity index (χ4n) is 0.257. The minimum atomic E-state index is -0.349. The molecular weight excluding hydrogens is 233 g/mol. The summed E-state index contributed by atoms with van der Waals surface area (Å²) in [4.78, 5) is 10.4. The minimum Gasteiger partial charge on any atom is -0.395 e. The Morgan fingerprint density at radius 2 is 2.44 bits per heavy atom. The van der Waals surface area contributed by atoms with Gasteiger partial charge < -0.3 is 10.4 Å². The second-order valence-electron chi connectivity index (χ2n) is 1.20. The van der Waals surface area contributed by atoms with E-state index in [-0.39, 0.29) is 19.1 Å². The number of nitrogens with one attached hydrogen (secondary N) is 1. The van der Waals surface area contributed by atoms with Crippen molar-refractivity contribution in [2.75, 3.05) is 13.2 Å². The van der Waals surface area contributed by atoms with E-state index in [1.807, 2.05) is 0 Å². The first-order valence-electron chi connectivity index (χ1n) is 2.31. The molecule has 0 fully saturated rings. The monoisotopic (exact) mass is 239 g/mol. The summed E-state index contributed by atoms with van der Waals surface area (Å²) in [5.41, 5.74) is 0. The molecule has 0 radical (unpaired) electrons. The van der Waals surface area contributed by atoms with Gasteiger partial charge in [-0.15, -0.1) is 0 Å². The van der Waals surface area contributed by atoms with Crippen molar-refractivity contribution in [2.24, 2.45) is 0 Å². The molecule has 0 saturated carbocycles. The molecule has 0 atom stereocenters. The third-order valence-electron chi connectivity index (χ3n) is 0.558. The van der Waals surface area contributed by atoms with Crippen molar-refractivity contribution in [3.63, 3.8) is 0 Å². The standard InChI is InChI=1S/C5H6INO2/c6-2-1-5(9)7-3-4-8/h8H,3-4H2,(H,7,9). The molecule has 0 spiro atoms. The maximum absolute atomic E-state index is 10.4. The molecule has 0 rings (SSSR count). The lowest BCUT2D eigenvalue weighted by molar-refractivity contribution is -0.115. The van der Waals surface area contributed by atoms with E-state index in [1.165, 1.54) is 0 Å². The van der Waals surface area contributed by atoms with E-state index < -0.39 is 0 Å². The topological polar surface area (TPSA) is 49.3 Å². The summed E-state index contributed by atoms with van der Waals surface area (Å²) < 4.78 is 2.40. The van der Waals surface area contributed by atoms with Gasteiger partial charge in [0.15, 0.2) is 0 Å². The highest BCUT2D eigenvalue weighted by Gasteiger charge is 1.89. The molecule has 9 heavy (non-hydrogen) atoms. The van der Waals surface area contributed by atoms with Gasteiger partial charge in [-0.25, -0.2) is 0 Å². The van der Waals surface area contributed by atoms with Gasteiger partial charge >= 0.3 is 0 Å². The maximum Gasteiger partial charge on any atom is 0.296 e. The van der Waals surface area contributed by atoms with Crippen LogP contribution in [-0.4, -0.2) is 24.2 Å². The van der Waals surface area contributed by atoms with E-state index in [0.717, 1.165) is 0 Å². The summed E-state index contributed by atoms with van der Waals surface area (Å²) in [5.74, 6) is 1.91. The SMILES string of the molecule is O=C(C#CI)NCCO. The Labute approximate surface area is 67.0 Å². The first-order chi connectivity index (χ1) is 4.31. The van der Waals surface area contributed by atoms with E-state index in [2.05, 4.69) is 15.2 Å². The summed E-state index contributed by atoms with van der Waals surface area (Å²) in [6.45, 7) is 0.221. The molecule has 50 valence electrons. The van der Waals surface area contributed by atoms with Crippen LogP contribution < -0.4 is 5.32 Å². The zero-order chi connectivity index (χ0) is 7.11. The number of aliphatic hydroxyl groups excluding tert-OH is 1. The van der Waals surface area contributed by atoms with Crippen LogP contribution in [0.3, 0.4) is 0 Å². The maximum atomic E-state index is 10.4. The number of rotatable bonds is 2. The molecule has 0 aromatic rings. The van der Waals surface area contributed by atoms with Crippen molar-refractivity contribution < 1.29 is 9.90 Å². The summed E-state index contributed by atoms with van der Waals surface area (Å²) >= 11 is 1.77. The predicted octanol–water partition coefficient (Wildman–Crippen LogP) is -0.509. The van der Waals surface area contributed by atoms with Gasteiger partial charge in [0, 0.05) is 35.1 Å². The van der Waals surface area contributed by atoms with Crippen LogP contribution in [0.4, 0.5) is 0 Å². The number of halogens is 1. The first kappa shape index (κ1) is 8.72. The molecule has 0 aliphatic rings. The number of amides is 1. The van der Waals surface area contributed by atoms with Crippen LogP contribution >= 0.6 is 22.6 Å². The molecule has 2 N–H and O–H groups in total. The minimum absolute atomic E-state index is 0.0470. The highest BCUT2D eigenvalue weighted by atomic mass is 127. The lowest BCUT2D eigenvalue weighted by atomic mass is 10.6. The summed E-state index contributed by atoms with van der Waals surface area (Å²) in [7, 11) is 0. The first-order valence-corrected chi connectivity index (χ1v) is 3.39. The van der Waals surface area contributed by atoms with Gasteiger partial charge in [-0.2, -0.15) is 0 Å². The van der Waals surface area contributed by atoms with Crippen molar-refractivity contribution in [1.29, 1.82) is 0 Å². The van der Waals surface area contributed by atoms with Gasteiger partial charge in [0.25, 0.3) is 5.91 Å². The van der Waals surface area contributed by atoms with Gasteiger partial charge in [-0.3, -0.25) is 4.79 Å². The number of carbonyl (C=O) groups is 1. The number of carbonyl (C=O) groups excluding carboxylic acids is 1. The molecule has 0 unspecified atom stereocenters. The zero-order valence-corrected chi connectivity index (χ0v) is 6.81. The van der Waals surface area contributed by atoms with Crippen LogP contribution in [0, 0.1) is 9.85 Å². The Morgan fingerprint density at radius 1 is 1.78 bits per heavy atom. The van der Waals surface area contributed by atoms with Crippen molar-refractivity contribution in [1.82, 2.24) is 5.32 Å². The van der Waals surface area contributed by atoms with Crippen molar-refractivity contribution in [3.8, 4) is 9.85 Å². The fraction of sp³-hybridized carbons (Fsp3) is 0.400. The van der Waals surface area contributed by atoms with Crippen molar-refractivity contribution >= 4 is 28.5 Å². The van der Waals surface area contributed by atoms with E-state index in [1.54, 1.807) is 22.6 Å². The normalized spacial score (nSPS) is 7.33. The molecule has 0 aliphatic carbocycles. The van der Waals surface area contributed by atoms with Gasteiger partial charge in [0.1, 0.15) is 0 Å². The molecule has 0 aromatic heterocycles. The highest BCUT2D eigenvalue weighted by Crippen LogP contribution is 1.70. The van der Waals surface area contributed by atoms with E-state index >= 15 is 0 Å². The van der Waals surface area contributed by atoms with Gasteiger partial charge in [0.05, 0.1) is 6.61 Å². The van der Waals surface area contributed by atoms with Crippen LogP contribution in [0.1, 0.15) is 0 Å². The number of hydrogen-bond acceptors (Lipinski definition) is 2. The second-order valence-corrected chi connectivity index (χ2v) is 1.74. The zero-order valence-electron chi connectivity index (χ0n) is 4.65. The van der Waals surface area contributed by atoms with Crippen LogP contribution in [0.25, 0.3) is 0 Å². The van der Waals surface area contributed by atoms with Gasteiger partial charge in [-0.1, -0.05) is 0 Å². The highest BCUT2D eigenvalue weighted by molar-refractivity contribution is 14.1. The second kappa shape index (κ2) is 5.85. The average Bonchev–Trinajstić information content (AvgIpc) is 1.85. The molecule has 3 nitrogen and oxygen atoms in total. The van der Waals surface area contributed by atoms with E-state index in [0.29, 0.717) is 0 Å². The third-order valence-corrected chi connectivity index (χ3v) is 0.828. The van der Waals surface area contributed by atoms with Gasteiger partial charge in [-0.05, 0) is 3.93 Å². The Bertz CT molecular complexity index is 147. The molecule has 0 aliphatic heterocycles. The fourth-order valence-corrected chi connectivity index (χ4v) is 0.501. The van der Waals surface area contributed by atoms with Crippen molar-refractivity contribution in [3.05, 3.63) is 0 Å². The molecular formula is C5H6INO2. The van der Waals surface area contributed by atoms with Crippen LogP contribution in [0.5, 0.6) is 0 Å². The van der Waals surface area contributed by atoms with Crippen LogP contribution in [-0.2, 0) is 4.79 Å². The van der Waals surface area contributed by atoms with Crippen LogP contribution in [0.2, 0.25) is 0 Å². The van der Waals surface area contributed by atoms with Crippen molar-refractivity contribution in [2.45, 2.75) is 0 Å². The summed E-state index contributed by atoms with van der Waals surface area (Å²) in [6.07, 6.45) is 0. The van der Waals surface area contributed by atoms with Crippen LogP contribution in [0.15, 0.2) is 0 Å². The average molecular weight is 239 g/mol. The lowest BCUT2D eigenvalue weighted by Gasteiger charge is -1.92. The van der Waals surface area contributed by atoms with Gasteiger partial charge in [0.2, 0.25) is 0 Å². The van der Waals surface area contributed by atoms with E-state index in [4.69, 9.17) is 5.11 Å². The Kier molecular flexibility index (Phi) is 5.67. The number of aliphatic hydroxyl groups is 1. The third kappa shape index (κ3) is 5.59. The van der Waals surface area contributed by atoms with E-state index in [9.17, 15) is 4.79 Å². The smallest absolute Gasteiger partial charge is 0.296 e. The molecule has 0 heterocycles. The molecule has 0 aromatic carbocycles. The summed E-state index contributed by atoms with van der Waals surface area (Å²) in [5, 5.41) is 10.6. The molecule has 0 saturated heterocycles. The lowest BCUT2D eigenvalue weighted by Crippen LogP contribution is -2.24. The quantitative estimate of drug-likeness (QED) is 0.503. The Balaban J connectivity index is 3.35. The Hall–Kier alpha value is -0.280. The number of hydrogen-bond donors (Lipinski definition) is 2. The predicted molar refractivity (Wildman–Crippen MR) is 41.9 cm³/mol. The molecule has 1 amide bonds. The molecule has 4 heteroatoms. The summed E-state index contributed by atoms with van der Waals surface area (Å²) in [6, 6.07) is 0. The molecule has 0 bridgehead atoms.